The molecule has 0 spiro atoms. The summed E-state index contributed by atoms with van der Waals surface area (Å²) in [6.45, 7) is 5.79. The van der Waals surface area contributed by atoms with Crippen LogP contribution in [0.2, 0.25) is 0 Å². The average molecular weight is 371 g/mol. The molecule has 1 aliphatic heterocycles. The van der Waals surface area contributed by atoms with Crippen LogP contribution in [0.3, 0.4) is 0 Å². The quantitative estimate of drug-likeness (QED) is 0.474. The molecule has 27 heavy (non-hydrogen) atoms. The van der Waals surface area contributed by atoms with Crippen molar-refractivity contribution in [3.8, 4) is 0 Å². The summed E-state index contributed by atoms with van der Waals surface area (Å²) in [5.41, 5.74) is 0.889. The molecule has 3 amide bonds. The lowest BCUT2D eigenvalue weighted by Gasteiger charge is -2.17. The van der Waals surface area contributed by atoms with Gasteiger partial charge in [0, 0.05) is 22.2 Å². The van der Waals surface area contributed by atoms with E-state index < -0.39 is 36.1 Å². The monoisotopic (exact) mass is 371 g/mol. The van der Waals surface area contributed by atoms with Crippen molar-refractivity contribution in [1.82, 2.24) is 15.2 Å². The summed E-state index contributed by atoms with van der Waals surface area (Å²) in [5, 5.41) is 3.23. The standard InChI is InChI=1S/C19H21N3O5/c1-10-15(12-7-5-6-8-13(12)20-10)16(24)11(2)27-14(23)9-22-17(25)19(3,4)21-18(22)26/h5-8,11,20H,9H2,1-4H3,(H,21,26)/t11-/m0/s1. The largest absolute Gasteiger partial charge is 0.453 e. The van der Waals surface area contributed by atoms with E-state index >= 15 is 0 Å². The highest BCUT2D eigenvalue weighted by Gasteiger charge is 2.45. The number of imide groups is 1. The fraction of sp³-hybridized carbons (Fsp3) is 0.368. The van der Waals surface area contributed by atoms with Crippen LogP contribution in [0.15, 0.2) is 24.3 Å². The van der Waals surface area contributed by atoms with E-state index in [-0.39, 0.29) is 5.78 Å². The van der Waals surface area contributed by atoms with Crippen LogP contribution in [0.1, 0.15) is 36.8 Å². The first-order valence-corrected chi connectivity index (χ1v) is 8.57. The molecule has 0 radical (unpaired) electrons. The van der Waals surface area contributed by atoms with E-state index in [1.165, 1.54) is 6.92 Å². The molecule has 0 bridgehead atoms. The van der Waals surface area contributed by atoms with Gasteiger partial charge >= 0.3 is 12.0 Å². The van der Waals surface area contributed by atoms with Gasteiger partial charge in [0.25, 0.3) is 5.91 Å². The van der Waals surface area contributed by atoms with Crippen molar-refractivity contribution >= 4 is 34.6 Å². The second kappa shape index (κ2) is 6.53. The zero-order valence-electron chi connectivity index (χ0n) is 15.6. The third-order valence-corrected chi connectivity index (χ3v) is 4.55. The molecule has 1 aromatic heterocycles. The number of hydrogen-bond donors (Lipinski definition) is 2. The summed E-state index contributed by atoms with van der Waals surface area (Å²) in [6.07, 6.45) is -1.05. The lowest BCUT2D eigenvalue weighted by Crippen LogP contribution is -2.41. The summed E-state index contributed by atoms with van der Waals surface area (Å²) in [5.74, 6) is -1.69. The Balaban J connectivity index is 1.71. The summed E-state index contributed by atoms with van der Waals surface area (Å²) in [7, 11) is 0. The second-order valence-electron chi connectivity index (χ2n) is 7.11. The van der Waals surface area contributed by atoms with Crippen molar-refractivity contribution < 1.29 is 23.9 Å². The minimum absolute atomic E-state index is 0.351. The van der Waals surface area contributed by atoms with E-state index in [0.29, 0.717) is 11.3 Å². The maximum Gasteiger partial charge on any atom is 0.326 e. The normalized spacial score (nSPS) is 17.1. The highest BCUT2D eigenvalue weighted by molar-refractivity contribution is 6.12. The second-order valence-corrected chi connectivity index (χ2v) is 7.11. The van der Waals surface area contributed by atoms with Gasteiger partial charge in [-0.1, -0.05) is 18.2 Å². The van der Waals surface area contributed by atoms with Gasteiger partial charge in [0.15, 0.2) is 6.10 Å². The Morgan fingerprint density at radius 1 is 1.22 bits per heavy atom. The molecule has 142 valence electrons. The molecule has 1 aromatic carbocycles. The third-order valence-electron chi connectivity index (χ3n) is 4.55. The van der Waals surface area contributed by atoms with Crippen molar-refractivity contribution in [3.05, 3.63) is 35.5 Å². The molecule has 0 saturated carbocycles. The summed E-state index contributed by atoms with van der Waals surface area (Å²) >= 11 is 0. The number of benzene rings is 1. The molecular weight excluding hydrogens is 350 g/mol. The van der Waals surface area contributed by atoms with Crippen LogP contribution in [0.4, 0.5) is 4.79 Å². The fourth-order valence-corrected chi connectivity index (χ4v) is 3.18. The number of esters is 1. The number of para-hydroxylation sites is 1. The van der Waals surface area contributed by atoms with Gasteiger partial charge in [-0.15, -0.1) is 0 Å². The number of amides is 3. The zero-order chi connectivity index (χ0) is 19.9. The Hall–Kier alpha value is -3.16. The molecule has 0 aliphatic carbocycles. The van der Waals surface area contributed by atoms with E-state index in [2.05, 4.69) is 10.3 Å². The minimum Gasteiger partial charge on any atom is -0.453 e. The molecule has 8 nitrogen and oxygen atoms in total. The van der Waals surface area contributed by atoms with Crippen molar-refractivity contribution in [2.75, 3.05) is 6.54 Å². The van der Waals surface area contributed by atoms with Crippen LogP contribution >= 0.6 is 0 Å². The first kappa shape index (κ1) is 18.6. The number of aromatic nitrogens is 1. The fourth-order valence-electron chi connectivity index (χ4n) is 3.18. The van der Waals surface area contributed by atoms with Gasteiger partial charge in [0.1, 0.15) is 12.1 Å². The van der Waals surface area contributed by atoms with Gasteiger partial charge in [0.05, 0.1) is 0 Å². The van der Waals surface area contributed by atoms with Crippen molar-refractivity contribution in [2.45, 2.75) is 39.3 Å². The molecule has 0 unspecified atom stereocenters. The predicted octanol–water partition coefficient (Wildman–Crippen LogP) is 1.92. The van der Waals surface area contributed by atoms with Crippen molar-refractivity contribution in [3.63, 3.8) is 0 Å². The Morgan fingerprint density at radius 2 is 1.89 bits per heavy atom. The minimum atomic E-state index is -1.07. The number of hydrogen-bond acceptors (Lipinski definition) is 5. The third kappa shape index (κ3) is 3.30. The number of H-pyrrole nitrogens is 1. The average Bonchev–Trinajstić information content (AvgIpc) is 3.01. The highest BCUT2D eigenvalue weighted by atomic mass is 16.5. The zero-order valence-corrected chi connectivity index (χ0v) is 15.6. The predicted molar refractivity (Wildman–Crippen MR) is 97.2 cm³/mol. The Bertz CT molecular complexity index is 959. The van der Waals surface area contributed by atoms with Gasteiger partial charge in [-0.25, -0.2) is 4.79 Å². The number of ether oxygens (including phenoxy) is 1. The Labute approximate surface area is 155 Å². The maximum atomic E-state index is 12.8. The van der Waals surface area contributed by atoms with Gasteiger partial charge in [-0.2, -0.15) is 0 Å². The number of carbonyl (C=O) groups is 4. The van der Waals surface area contributed by atoms with E-state index in [1.54, 1.807) is 20.8 Å². The molecule has 1 fully saturated rings. The molecule has 3 rings (SSSR count). The number of nitrogens with zero attached hydrogens (tertiary/aromatic N) is 1. The van der Waals surface area contributed by atoms with Crippen LogP contribution in [0.5, 0.6) is 0 Å². The highest BCUT2D eigenvalue weighted by Crippen LogP contribution is 2.24. The first-order chi connectivity index (χ1) is 12.6. The number of ketones is 1. The smallest absolute Gasteiger partial charge is 0.326 e. The summed E-state index contributed by atoms with van der Waals surface area (Å²) < 4.78 is 5.19. The van der Waals surface area contributed by atoms with Gasteiger partial charge in [-0.3, -0.25) is 19.3 Å². The van der Waals surface area contributed by atoms with Crippen molar-refractivity contribution in [1.29, 1.82) is 0 Å². The van der Waals surface area contributed by atoms with E-state index in [0.717, 1.165) is 15.8 Å². The van der Waals surface area contributed by atoms with Crippen LogP contribution in [0, 0.1) is 6.92 Å². The molecule has 1 aliphatic rings. The summed E-state index contributed by atoms with van der Waals surface area (Å²) in [6, 6.07) is 6.69. The van der Waals surface area contributed by atoms with Gasteiger partial charge < -0.3 is 15.0 Å². The number of nitrogens with one attached hydrogen (secondary N) is 2. The van der Waals surface area contributed by atoms with Crippen LogP contribution in [-0.4, -0.2) is 51.8 Å². The lowest BCUT2D eigenvalue weighted by atomic mass is 10.0. The molecule has 2 heterocycles. The first-order valence-electron chi connectivity index (χ1n) is 8.57. The Kier molecular flexibility index (Phi) is 4.51. The molecule has 2 aromatic rings. The number of Topliss-reactive ketones (excluding diaryl/α,β-unsaturated/α-hetero) is 1. The number of aromatic amines is 1. The number of rotatable bonds is 5. The SMILES string of the molecule is Cc1[nH]c2ccccc2c1C(=O)[C@H](C)OC(=O)CN1C(=O)NC(C)(C)C1=O. The van der Waals surface area contributed by atoms with Gasteiger partial charge in [0.2, 0.25) is 5.78 Å². The molecule has 1 saturated heterocycles. The van der Waals surface area contributed by atoms with Crippen LogP contribution < -0.4 is 5.32 Å². The number of carbonyl (C=O) groups excluding carboxylic acids is 4. The lowest BCUT2D eigenvalue weighted by molar-refractivity contribution is -0.149. The van der Waals surface area contributed by atoms with E-state index in [4.69, 9.17) is 4.74 Å². The molecular formula is C19H21N3O5. The number of aryl methyl sites for hydroxylation is 1. The van der Waals surface area contributed by atoms with E-state index in [9.17, 15) is 19.2 Å². The Morgan fingerprint density at radius 3 is 2.52 bits per heavy atom. The van der Waals surface area contributed by atoms with Gasteiger partial charge in [-0.05, 0) is 33.8 Å². The van der Waals surface area contributed by atoms with Crippen LogP contribution in [0.25, 0.3) is 10.9 Å². The maximum absolute atomic E-state index is 12.8. The van der Waals surface area contributed by atoms with Crippen molar-refractivity contribution in [2.24, 2.45) is 0 Å². The summed E-state index contributed by atoms with van der Waals surface area (Å²) in [4.78, 5) is 52.9. The number of urea groups is 1. The number of fused-ring (bicyclic) bond motifs is 1. The molecule has 2 N–H and O–H groups in total. The molecule has 1 atom stereocenters. The topological polar surface area (TPSA) is 109 Å². The molecule has 8 heteroatoms. The van der Waals surface area contributed by atoms with E-state index in [1.807, 2.05) is 24.3 Å². The van der Waals surface area contributed by atoms with Crippen LogP contribution in [-0.2, 0) is 14.3 Å².